The van der Waals surface area contributed by atoms with Gasteiger partial charge in [0.2, 0.25) is 5.95 Å². The first kappa shape index (κ1) is 20.1. The van der Waals surface area contributed by atoms with E-state index in [-0.39, 0.29) is 12.1 Å². The Hall–Kier alpha value is -1.54. The van der Waals surface area contributed by atoms with E-state index in [0.717, 1.165) is 37.8 Å². The molecule has 31 heavy (non-hydrogen) atoms. The summed E-state index contributed by atoms with van der Waals surface area (Å²) in [6.07, 6.45) is 2.63. The number of anilines is 2. The first-order chi connectivity index (χ1) is 14.9. The van der Waals surface area contributed by atoms with E-state index in [9.17, 15) is 8.78 Å². The van der Waals surface area contributed by atoms with Crippen LogP contribution >= 0.6 is 0 Å². The molecule has 0 spiro atoms. The maximum absolute atomic E-state index is 14.6. The number of hydrogen-bond donors (Lipinski definition) is 0. The van der Waals surface area contributed by atoms with Gasteiger partial charge >= 0.3 is 0 Å². The number of rotatable bonds is 5. The maximum atomic E-state index is 14.6. The lowest BCUT2D eigenvalue weighted by atomic mass is 10.1. The Bertz CT molecular complexity index is 843. The molecule has 1 saturated carbocycles. The Morgan fingerprint density at radius 2 is 1.77 bits per heavy atom. The molecule has 6 nitrogen and oxygen atoms in total. The molecule has 4 atom stereocenters. The molecule has 4 fully saturated rings. The molecule has 0 bridgehead atoms. The summed E-state index contributed by atoms with van der Waals surface area (Å²) in [5.41, 5.74) is 0.705. The minimum Gasteiger partial charge on any atom is -0.356 e. The van der Waals surface area contributed by atoms with Crippen molar-refractivity contribution in [2.45, 2.75) is 44.6 Å². The van der Waals surface area contributed by atoms with Crippen molar-refractivity contribution < 1.29 is 8.78 Å². The minimum atomic E-state index is -2.82. The van der Waals surface area contributed by atoms with Crippen molar-refractivity contribution in [1.82, 2.24) is 19.8 Å². The van der Waals surface area contributed by atoms with Gasteiger partial charge in [0.05, 0.1) is 0 Å². The zero-order valence-corrected chi connectivity index (χ0v) is 18.7. The highest BCUT2D eigenvalue weighted by molar-refractivity contribution is 5.58. The molecular weight excluding hydrogens is 398 g/mol. The van der Waals surface area contributed by atoms with Crippen molar-refractivity contribution in [3.63, 3.8) is 0 Å². The molecule has 0 N–H and O–H groups in total. The number of halogens is 2. The van der Waals surface area contributed by atoms with Crippen LogP contribution in [-0.4, -0.2) is 85.2 Å². The summed E-state index contributed by atoms with van der Waals surface area (Å²) in [6.45, 7) is 10.9. The average molecular weight is 433 g/mol. The van der Waals surface area contributed by atoms with Gasteiger partial charge in [-0.15, -0.1) is 0 Å². The fourth-order valence-corrected chi connectivity index (χ4v) is 6.25. The van der Waals surface area contributed by atoms with Crippen molar-refractivity contribution in [2.75, 3.05) is 69.2 Å². The summed E-state index contributed by atoms with van der Waals surface area (Å²) in [5, 5.41) is 0. The summed E-state index contributed by atoms with van der Waals surface area (Å²) in [6, 6.07) is 0.340. The number of nitrogens with zero attached hydrogens (tertiary/aromatic N) is 6. The van der Waals surface area contributed by atoms with Gasteiger partial charge in [0.15, 0.2) is 0 Å². The monoisotopic (exact) mass is 432 g/mol. The lowest BCUT2D eigenvalue weighted by Gasteiger charge is -2.39. The fourth-order valence-electron chi connectivity index (χ4n) is 6.25. The standard InChI is InChI=1S/C23H34F2N6/c1-15-4-8-31(15)22-26-20-17(3-6-23(20,24)25)21(27-22)30-13-18-16(19(18)14-30)5-7-29-11-9-28(2)10-12-29/h15-16,18-19H,3-14H2,1-2H3/t15-,16?,18-,19+/m0/s1. The van der Waals surface area contributed by atoms with Gasteiger partial charge in [0.25, 0.3) is 5.92 Å². The molecule has 170 valence electrons. The van der Waals surface area contributed by atoms with Crippen LogP contribution in [-0.2, 0) is 12.3 Å². The van der Waals surface area contributed by atoms with Gasteiger partial charge in [-0.05, 0) is 57.5 Å². The first-order valence-corrected chi connectivity index (χ1v) is 12.1. The molecule has 2 aliphatic carbocycles. The number of aromatic nitrogens is 2. The largest absolute Gasteiger partial charge is 0.356 e. The van der Waals surface area contributed by atoms with Gasteiger partial charge < -0.3 is 19.6 Å². The van der Waals surface area contributed by atoms with Crippen LogP contribution in [0.3, 0.4) is 0 Å². The van der Waals surface area contributed by atoms with Crippen molar-refractivity contribution in [3.05, 3.63) is 11.3 Å². The van der Waals surface area contributed by atoms with Crippen LogP contribution in [0.2, 0.25) is 0 Å². The fraction of sp³-hybridized carbons (Fsp3) is 0.826. The predicted molar refractivity (Wildman–Crippen MR) is 117 cm³/mol. The van der Waals surface area contributed by atoms with E-state index in [1.165, 1.54) is 39.1 Å². The molecule has 4 heterocycles. The summed E-state index contributed by atoms with van der Waals surface area (Å²) < 4.78 is 29.2. The van der Waals surface area contributed by atoms with Gasteiger partial charge in [0, 0.05) is 63.8 Å². The van der Waals surface area contributed by atoms with Gasteiger partial charge in [0.1, 0.15) is 11.5 Å². The molecular formula is C23H34F2N6. The number of piperazine rings is 1. The molecule has 0 radical (unpaired) electrons. The van der Waals surface area contributed by atoms with Crippen LogP contribution in [0.25, 0.3) is 0 Å². The number of fused-ring (bicyclic) bond motifs is 2. The third-order valence-electron chi connectivity index (χ3n) is 8.63. The van der Waals surface area contributed by atoms with Gasteiger partial charge in [-0.1, -0.05) is 0 Å². The van der Waals surface area contributed by atoms with E-state index in [4.69, 9.17) is 4.98 Å². The van der Waals surface area contributed by atoms with E-state index < -0.39 is 5.92 Å². The Kier molecular flexibility index (Phi) is 4.69. The zero-order valence-electron chi connectivity index (χ0n) is 18.7. The molecule has 5 aliphatic rings. The highest BCUT2D eigenvalue weighted by Crippen LogP contribution is 2.55. The summed E-state index contributed by atoms with van der Waals surface area (Å²) >= 11 is 0. The quantitative estimate of drug-likeness (QED) is 0.712. The summed E-state index contributed by atoms with van der Waals surface area (Å²) in [4.78, 5) is 18.6. The van der Waals surface area contributed by atoms with Crippen LogP contribution in [0.1, 0.15) is 37.4 Å². The Morgan fingerprint density at radius 3 is 2.42 bits per heavy atom. The summed E-state index contributed by atoms with van der Waals surface area (Å²) in [7, 11) is 2.20. The van der Waals surface area contributed by atoms with Gasteiger partial charge in [-0.25, -0.2) is 4.98 Å². The van der Waals surface area contributed by atoms with E-state index in [0.29, 0.717) is 35.8 Å². The molecule has 6 rings (SSSR count). The lowest BCUT2D eigenvalue weighted by Crippen LogP contribution is -2.47. The van der Waals surface area contributed by atoms with Crippen LogP contribution in [0, 0.1) is 17.8 Å². The average Bonchev–Trinajstić information content (AvgIpc) is 3.05. The third kappa shape index (κ3) is 3.41. The molecule has 0 aromatic carbocycles. The number of likely N-dealkylation sites (N-methyl/N-ethyl adjacent to an activating group) is 1. The highest BCUT2D eigenvalue weighted by Gasteiger charge is 2.56. The van der Waals surface area contributed by atoms with Gasteiger partial charge in [-0.3, -0.25) is 0 Å². The summed E-state index contributed by atoms with van der Waals surface area (Å²) in [5.74, 6) is 0.742. The Labute approximate surface area is 183 Å². The van der Waals surface area contributed by atoms with Crippen LogP contribution in [0.4, 0.5) is 20.5 Å². The number of alkyl halides is 2. The van der Waals surface area contributed by atoms with Crippen LogP contribution in [0.15, 0.2) is 0 Å². The Balaban J connectivity index is 1.14. The first-order valence-electron chi connectivity index (χ1n) is 12.1. The predicted octanol–water partition coefficient (Wildman–Crippen LogP) is 2.43. The molecule has 0 amide bonds. The van der Waals surface area contributed by atoms with Crippen molar-refractivity contribution in [2.24, 2.45) is 17.8 Å². The molecule has 1 aromatic rings. The van der Waals surface area contributed by atoms with E-state index in [1.807, 2.05) is 0 Å². The molecule has 3 saturated heterocycles. The van der Waals surface area contributed by atoms with E-state index in [1.54, 1.807) is 0 Å². The van der Waals surface area contributed by atoms with Crippen molar-refractivity contribution >= 4 is 11.8 Å². The van der Waals surface area contributed by atoms with Crippen molar-refractivity contribution in [3.8, 4) is 0 Å². The topological polar surface area (TPSA) is 38.7 Å². The molecule has 3 aliphatic heterocycles. The zero-order chi connectivity index (χ0) is 21.3. The van der Waals surface area contributed by atoms with E-state index >= 15 is 0 Å². The second kappa shape index (κ2) is 7.24. The van der Waals surface area contributed by atoms with Gasteiger partial charge in [-0.2, -0.15) is 13.8 Å². The second-order valence-corrected chi connectivity index (χ2v) is 10.5. The molecule has 1 unspecified atom stereocenters. The lowest BCUT2D eigenvalue weighted by molar-refractivity contribution is -0.00595. The SMILES string of the molecule is C[C@H]1CCN1c1nc(N2C[C@@H]3C(CCN4CCN(C)CC4)[C@@H]3C2)c2c(n1)C(F)(F)CC2. The van der Waals surface area contributed by atoms with E-state index in [2.05, 4.69) is 38.6 Å². The highest BCUT2D eigenvalue weighted by atomic mass is 19.3. The third-order valence-corrected chi connectivity index (χ3v) is 8.63. The Morgan fingerprint density at radius 1 is 1.03 bits per heavy atom. The number of hydrogen-bond acceptors (Lipinski definition) is 6. The minimum absolute atomic E-state index is 0.00112. The second-order valence-electron chi connectivity index (χ2n) is 10.5. The van der Waals surface area contributed by atoms with Crippen LogP contribution < -0.4 is 9.80 Å². The smallest absolute Gasteiger partial charge is 0.290 e. The normalized spacial score (nSPS) is 34.6. The number of piperidine rings is 1. The van der Waals surface area contributed by atoms with Crippen LogP contribution in [0.5, 0.6) is 0 Å². The molecule has 1 aromatic heterocycles. The maximum Gasteiger partial charge on any atom is 0.290 e. The molecule has 8 heteroatoms. The van der Waals surface area contributed by atoms with Crippen molar-refractivity contribution in [1.29, 1.82) is 0 Å².